The summed E-state index contributed by atoms with van der Waals surface area (Å²) >= 11 is 0. The molecule has 3 unspecified atom stereocenters. The fourth-order valence-electron chi connectivity index (χ4n) is 2.72. The van der Waals surface area contributed by atoms with Gasteiger partial charge in [-0.3, -0.25) is 4.79 Å². The summed E-state index contributed by atoms with van der Waals surface area (Å²) in [4.78, 5) is 11.8. The summed E-state index contributed by atoms with van der Waals surface area (Å²) in [5.41, 5.74) is 0. The Bertz CT molecular complexity index is 280. The minimum atomic E-state index is 0.103. The Labute approximate surface area is 115 Å². The second-order valence-corrected chi connectivity index (χ2v) is 5.60. The van der Waals surface area contributed by atoms with Crippen LogP contribution >= 0.6 is 0 Å². The largest absolute Gasteiger partial charge is 0.378 e. The molecule has 0 saturated carbocycles. The van der Waals surface area contributed by atoms with E-state index in [2.05, 4.69) is 17.6 Å². The highest BCUT2D eigenvalue weighted by atomic mass is 16.5. The number of rotatable bonds is 6. The third-order valence-corrected chi connectivity index (χ3v) is 3.79. The Hall–Kier alpha value is -0.650. The molecular weight excluding hydrogens is 244 g/mol. The highest BCUT2D eigenvalue weighted by molar-refractivity contribution is 5.76. The van der Waals surface area contributed by atoms with Crippen LogP contribution in [0.2, 0.25) is 0 Å². The van der Waals surface area contributed by atoms with Crippen LogP contribution in [0, 0.1) is 0 Å². The molecule has 0 aromatic heterocycles. The molecule has 2 heterocycles. The van der Waals surface area contributed by atoms with E-state index >= 15 is 0 Å². The topological polar surface area (TPSA) is 59.6 Å². The molecule has 0 aliphatic carbocycles. The summed E-state index contributed by atoms with van der Waals surface area (Å²) in [6.45, 7) is 5.11. The van der Waals surface area contributed by atoms with Crippen LogP contribution in [-0.4, -0.2) is 50.5 Å². The molecule has 3 atom stereocenters. The lowest BCUT2D eigenvalue weighted by molar-refractivity contribution is -0.123. The fraction of sp³-hybridized carbons (Fsp3) is 0.929. The number of hydrogen-bond donors (Lipinski definition) is 2. The molecule has 5 heteroatoms. The monoisotopic (exact) mass is 270 g/mol. The Morgan fingerprint density at radius 2 is 2.37 bits per heavy atom. The van der Waals surface area contributed by atoms with Crippen molar-refractivity contribution in [3.8, 4) is 0 Å². The highest BCUT2D eigenvalue weighted by Crippen LogP contribution is 2.12. The molecule has 5 nitrogen and oxygen atoms in total. The number of nitrogens with one attached hydrogen (secondary N) is 2. The average molecular weight is 270 g/mol. The second-order valence-electron chi connectivity index (χ2n) is 5.60. The Morgan fingerprint density at radius 1 is 1.47 bits per heavy atom. The van der Waals surface area contributed by atoms with Gasteiger partial charge < -0.3 is 20.1 Å². The summed E-state index contributed by atoms with van der Waals surface area (Å²) in [7, 11) is 0. The van der Waals surface area contributed by atoms with Crippen molar-refractivity contribution in [1.82, 2.24) is 10.6 Å². The van der Waals surface area contributed by atoms with E-state index in [1.54, 1.807) is 0 Å². The Morgan fingerprint density at radius 3 is 3.11 bits per heavy atom. The van der Waals surface area contributed by atoms with Crippen molar-refractivity contribution in [2.45, 2.75) is 57.2 Å². The molecule has 2 rings (SSSR count). The van der Waals surface area contributed by atoms with Gasteiger partial charge >= 0.3 is 0 Å². The average Bonchev–Trinajstić information content (AvgIpc) is 2.88. The van der Waals surface area contributed by atoms with Crippen LogP contribution in [0.3, 0.4) is 0 Å². The van der Waals surface area contributed by atoms with Gasteiger partial charge in [0.15, 0.2) is 0 Å². The molecule has 0 aromatic carbocycles. The van der Waals surface area contributed by atoms with Gasteiger partial charge in [0.05, 0.1) is 19.3 Å². The number of carbonyl (C=O) groups excluding carboxylic acids is 1. The van der Waals surface area contributed by atoms with E-state index in [4.69, 9.17) is 9.47 Å². The van der Waals surface area contributed by atoms with Gasteiger partial charge in [0.2, 0.25) is 5.91 Å². The first-order valence-electron chi connectivity index (χ1n) is 7.46. The number of carbonyl (C=O) groups is 1. The van der Waals surface area contributed by atoms with Crippen LogP contribution in [0.4, 0.5) is 0 Å². The SMILES string of the molecule is CC1CC(NC(=O)CCOCC2CCCO2)CCN1. The number of amides is 1. The first-order valence-corrected chi connectivity index (χ1v) is 7.46. The summed E-state index contributed by atoms with van der Waals surface area (Å²) < 4.78 is 11.0. The molecule has 19 heavy (non-hydrogen) atoms. The second kappa shape index (κ2) is 7.82. The van der Waals surface area contributed by atoms with Crippen LogP contribution < -0.4 is 10.6 Å². The maximum absolute atomic E-state index is 11.8. The van der Waals surface area contributed by atoms with Gasteiger partial charge in [-0.25, -0.2) is 0 Å². The summed E-state index contributed by atoms with van der Waals surface area (Å²) in [5, 5.41) is 6.47. The van der Waals surface area contributed by atoms with Crippen molar-refractivity contribution < 1.29 is 14.3 Å². The van der Waals surface area contributed by atoms with Gasteiger partial charge in [0, 0.05) is 25.1 Å². The first kappa shape index (κ1) is 14.8. The molecule has 2 aliphatic heterocycles. The van der Waals surface area contributed by atoms with E-state index < -0.39 is 0 Å². The zero-order valence-electron chi connectivity index (χ0n) is 11.8. The molecule has 2 fully saturated rings. The quantitative estimate of drug-likeness (QED) is 0.702. The molecule has 0 radical (unpaired) electrons. The zero-order chi connectivity index (χ0) is 13.5. The first-order chi connectivity index (χ1) is 9.24. The van der Waals surface area contributed by atoms with Crippen molar-refractivity contribution >= 4 is 5.91 Å². The predicted molar refractivity (Wildman–Crippen MR) is 73.0 cm³/mol. The molecule has 2 N–H and O–H groups in total. The number of ether oxygens (including phenoxy) is 2. The van der Waals surface area contributed by atoms with Crippen LogP contribution in [0.25, 0.3) is 0 Å². The number of hydrogen-bond acceptors (Lipinski definition) is 4. The maximum atomic E-state index is 11.8. The lowest BCUT2D eigenvalue weighted by Gasteiger charge is -2.28. The van der Waals surface area contributed by atoms with Crippen molar-refractivity contribution in [1.29, 1.82) is 0 Å². The van der Waals surface area contributed by atoms with Crippen LogP contribution in [0.5, 0.6) is 0 Å². The van der Waals surface area contributed by atoms with E-state index in [1.165, 1.54) is 0 Å². The third kappa shape index (κ3) is 5.47. The molecule has 0 spiro atoms. The Balaban J connectivity index is 1.51. The molecule has 0 aromatic rings. The molecule has 110 valence electrons. The molecule has 2 saturated heterocycles. The van der Waals surface area contributed by atoms with Gasteiger partial charge in [-0.15, -0.1) is 0 Å². The third-order valence-electron chi connectivity index (χ3n) is 3.79. The molecule has 0 bridgehead atoms. The zero-order valence-corrected chi connectivity index (χ0v) is 11.8. The van der Waals surface area contributed by atoms with Crippen molar-refractivity contribution in [3.63, 3.8) is 0 Å². The van der Waals surface area contributed by atoms with Gasteiger partial charge in [-0.2, -0.15) is 0 Å². The summed E-state index contributed by atoms with van der Waals surface area (Å²) in [5.74, 6) is 0.103. The van der Waals surface area contributed by atoms with Crippen LogP contribution in [0.15, 0.2) is 0 Å². The lowest BCUT2D eigenvalue weighted by Crippen LogP contribution is -2.46. The Kier molecular flexibility index (Phi) is 6.07. The normalized spacial score (nSPS) is 31.3. The van der Waals surface area contributed by atoms with Gasteiger partial charge in [-0.05, 0) is 39.2 Å². The van der Waals surface area contributed by atoms with Crippen molar-refractivity contribution in [2.24, 2.45) is 0 Å². The molecule has 2 aliphatic rings. The van der Waals surface area contributed by atoms with E-state index in [0.29, 0.717) is 31.7 Å². The predicted octanol–water partition coefficient (Wildman–Crippen LogP) is 0.829. The van der Waals surface area contributed by atoms with Crippen LogP contribution in [-0.2, 0) is 14.3 Å². The standard InChI is InChI=1S/C14H26N2O3/c1-11-9-12(4-6-15-11)16-14(17)5-8-18-10-13-3-2-7-19-13/h11-13,15H,2-10H2,1H3,(H,16,17). The van der Waals surface area contributed by atoms with Crippen LogP contribution in [0.1, 0.15) is 39.0 Å². The summed E-state index contributed by atoms with van der Waals surface area (Å²) in [6.07, 6.45) is 4.94. The van der Waals surface area contributed by atoms with Crippen molar-refractivity contribution in [3.05, 3.63) is 0 Å². The van der Waals surface area contributed by atoms with E-state index in [1.807, 2.05) is 0 Å². The lowest BCUT2D eigenvalue weighted by atomic mass is 10.0. The maximum Gasteiger partial charge on any atom is 0.222 e. The minimum Gasteiger partial charge on any atom is -0.378 e. The number of piperidine rings is 1. The van der Waals surface area contributed by atoms with Crippen molar-refractivity contribution in [2.75, 3.05) is 26.4 Å². The minimum absolute atomic E-state index is 0.103. The highest BCUT2D eigenvalue weighted by Gasteiger charge is 2.20. The van der Waals surface area contributed by atoms with E-state index in [-0.39, 0.29) is 12.0 Å². The van der Waals surface area contributed by atoms with Gasteiger partial charge in [0.1, 0.15) is 0 Å². The summed E-state index contributed by atoms with van der Waals surface area (Å²) in [6, 6.07) is 0.816. The van der Waals surface area contributed by atoms with E-state index in [9.17, 15) is 4.79 Å². The molecule has 1 amide bonds. The van der Waals surface area contributed by atoms with Gasteiger partial charge in [0.25, 0.3) is 0 Å². The molecular formula is C14H26N2O3. The smallest absolute Gasteiger partial charge is 0.222 e. The van der Waals surface area contributed by atoms with E-state index in [0.717, 1.165) is 38.8 Å². The fourth-order valence-corrected chi connectivity index (χ4v) is 2.72. The van der Waals surface area contributed by atoms with Gasteiger partial charge in [-0.1, -0.05) is 0 Å².